The van der Waals surface area contributed by atoms with Crippen molar-refractivity contribution in [2.24, 2.45) is 0 Å². The first-order valence-corrected chi connectivity index (χ1v) is 4.20. The van der Waals surface area contributed by atoms with E-state index in [9.17, 15) is 4.79 Å². The molecule has 0 fully saturated rings. The molecule has 1 aromatic heterocycles. The highest BCUT2D eigenvalue weighted by molar-refractivity contribution is 6.35. The van der Waals surface area contributed by atoms with Crippen molar-refractivity contribution in [2.45, 2.75) is 6.92 Å². The number of fused-ring (bicyclic) bond motifs is 1. The summed E-state index contributed by atoms with van der Waals surface area (Å²) in [4.78, 5) is 10.6. The van der Waals surface area contributed by atoms with Gasteiger partial charge in [-0.2, -0.15) is 5.10 Å². The van der Waals surface area contributed by atoms with Gasteiger partial charge in [-0.25, -0.2) is 0 Å². The minimum atomic E-state index is 0.481. The van der Waals surface area contributed by atoms with Gasteiger partial charge >= 0.3 is 0 Å². The number of carbonyl (C=O) groups is 1. The molecular weight excluding hydrogens is 188 g/mol. The van der Waals surface area contributed by atoms with Crippen LogP contribution in [0.15, 0.2) is 12.1 Å². The van der Waals surface area contributed by atoms with Gasteiger partial charge in [0, 0.05) is 5.39 Å². The van der Waals surface area contributed by atoms with E-state index in [0.717, 1.165) is 17.2 Å². The zero-order valence-corrected chi connectivity index (χ0v) is 7.72. The molecule has 0 amide bonds. The molecule has 66 valence electrons. The third-order valence-corrected chi connectivity index (χ3v) is 2.32. The molecule has 0 radical (unpaired) electrons. The Bertz CT molecular complexity index is 476. The highest BCUT2D eigenvalue weighted by atomic mass is 35.5. The predicted molar refractivity (Wildman–Crippen MR) is 51.2 cm³/mol. The maximum absolute atomic E-state index is 10.6. The molecule has 0 spiro atoms. The number of aromatic nitrogens is 2. The van der Waals surface area contributed by atoms with E-state index in [1.807, 2.05) is 13.0 Å². The summed E-state index contributed by atoms with van der Waals surface area (Å²) in [5.41, 5.74) is 2.13. The highest BCUT2D eigenvalue weighted by Crippen LogP contribution is 2.25. The van der Waals surface area contributed by atoms with Crippen LogP contribution in [0, 0.1) is 6.92 Å². The van der Waals surface area contributed by atoms with E-state index in [0.29, 0.717) is 16.2 Å². The van der Waals surface area contributed by atoms with E-state index < -0.39 is 0 Å². The van der Waals surface area contributed by atoms with Crippen molar-refractivity contribution in [3.63, 3.8) is 0 Å². The fourth-order valence-electron chi connectivity index (χ4n) is 1.37. The second-order valence-corrected chi connectivity index (χ2v) is 3.25. The average Bonchev–Trinajstić information content (AvgIpc) is 2.56. The number of rotatable bonds is 1. The normalized spacial score (nSPS) is 10.6. The van der Waals surface area contributed by atoms with Gasteiger partial charge in [0.15, 0.2) is 6.29 Å². The van der Waals surface area contributed by atoms with Crippen LogP contribution >= 0.6 is 11.6 Å². The van der Waals surface area contributed by atoms with Gasteiger partial charge in [0.2, 0.25) is 0 Å². The van der Waals surface area contributed by atoms with Crippen molar-refractivity contribution in [3.8, 4) is 0 Å². The maximum Gasteiger partial charge on any atom is 0.168 e. The highest BCUT2D eigenvalue weighted by Gasteiger charge is 2.09. The van der Waals surface area contributed by atoms with Crippen LogP contribution in [0.1, 0.15) is 16.1 Å². The van der Waals surface area contributed by atoms with Crippen LogP contribution in [0.2, 0.25) is 5.02 Å². The number of H-pyrrole nitrogens is 1. The summed E-state index contributed by atoms with van der Waals surface area (Å²) in [6.07, 6.45) is 0.749. The number of halogens is 1. The first-order valence-electron chi connectivity index (χ1n) is 3.82. The van der Waals surface area contributed by atoms with Crippen LogP contribution in [0.4, 0.5) is 0 Å². The van der Waals surface area contributed by atoms with E-state index in [1.54, 1.807) is 6.07 Å². The molecule has 4 heteroatoms. The van der Waals surface area contributed by atoms with Gasteiger partial charge in [0.05, 0.1) is 5.02 Å². The second-order valence-electron chi connectivity index (χ2n) is 2.84. The largest absolute Gasteiger partial charge is 0.296 e. The minimum Gasteiger partial charge on any atom is -0.296 e. The zero-order chi connectivity index (χ0) is 9.42. The topological polar surface area (TPSA) is 45.8 Å². The Balaban J connectivity index is 2.95. The summed E-state index contributed by atoms with van der Waals surface area (Å²) in [5, 5.41) is 7.97. The SMILES string of the molecule is Cc1ccc(Cl)c2n[nH]c(C=O)c12. The Morgan fingerprint density at radius 2 is 2.31 bits per heavy atom. The standard InChI is InChI=1S/C9H7ClN2O/c1-5-2-3-6(10)9-8(5)7(4-13)11-12-9/h2-4H,1H3,(H,11,12). The molecular formula is C9H7ClN2O. The number of hydrogen-bond donors (Lipinski definition) is 1. The lowest BCUT2D eigenvalue weighted by molar-refractivity contribution is 0.112. The molecule has 0 unspecified atom stereocenters. The van der Waals surface area contributed by atoms with Crippen molar-refractivity contribution >= 4 is 28.8 Å². The summed E-state index contributed by atoms with van der Waals surface area (Å²) in [6, 6.07) is 3.64. The second kappa shape index (κ2) is 2.85. The zero-order valence-electron chi connectivity index (χ0n) is 6.97. The number of aryl methyl sites for hydroxylation is 1. The molecule has 2 rings (SSSR count). The molecule has 0 saturated carbocycles. The molecule has 0 aliphatic carbocycles. The van der Waals surface area contributed by atoms with E-state index in [-0.39, 0.29) is 0 Å². The van der Waals surface area contributed by atoms with Crippen molar-refractivity contribution in [3.05, 3.63) is 28.4 Å². The van der Waals surface area contributed by atoms with Crippen molar-refractivity contribution < 1.29 is 4.79 Å². The Morgan fingerprint density at radius 3 is 3.00 bits per heavy atom. The lowest BCUT2D eigenvalue weighted by Crippen LogP contribution is -1.82. The molecule has 0 aliphatic heterocycles. The number of aldehydes is 1. The fourth-order valence-corrected chi connectivity index (χ4v) is 1.57. The fraction of sp³-hybridized carbons (Fsp3) is 0.111. The van der Waals surface area contributed by atoms with Gasteiger partial charge in [-0.1, -0.05) is 17.7 Å². The summed E-state index contributed by atoms with van der Waals surface area (Å²) >= 11 is 5.90. The maximum atomic E-state index is 10.6. The van der Waals surface area contributed by atoms with Crippen LogP contribution < -0.4 is 0 Å². The first kappa shape index (κ1) is 8.26. The van der Waals surface area contributed by atoms with E-state index >= 15 is 0 Å². The van der Waals surface area contributed by atoms with Crippen LogP contribution in [-0.2, 0) is 0 Å². The molecule has 13 heavy (non-hydrogen) atoms. The van der Waals surface area contributed by atoms with Gasteiger partial charge in [-0.15, -0.1) is 0 Å². The summed E-state index contributed by atoms with van der Waals surface area (Å²) in [7, 11) is 0. The molecule has 0 aliphatic rings. The van der Waals surface area contributed by atoms with E-state index in [4.69, 9.17) is 11.6 Å². The molecule has 2 aromatic rings. The predicted octanol–water partition coefficient (Wildman–Crippen LogP) is 2.34. The third kappa shape index (κ3) is 1.12. The number of nitrogens with zero attached hydrogens (tertiary/aromatic N) is 1. The molecule has 1 aromatic carbocycles. The van der Waals surface area contributed by atoms with Gasteiger partial charge in [-0.05, 0) is 18.6 Å². The third-order valence-electron chi connectivity index (χ3n) is 2.01. The Morgan fingerprint density at radius 1 is 1.54 bits per heavy atom. The summed E-state index contributed by atoms with van der Waals surface area (Å²) in [6.45, 7) is 1.92. The van der Waals surface area contributed by atoms with Crippen LogP contribution in [-0.4, -0.2) is 16.5 Å². The van der Waals surface area contributed by atoms with Gasteiger partial charge in [0.25, 0.3) is 0 Å². The Hall–Kier alpha value is -1.35. The molecule has 1 heterocycles. The number of hydrogen-bond acceptors (Lipinski definition) is 2. The lowest BCUT2D eigenvalue weighted by Gasteiger charge is -1.96. The number of nitrogens with one attached hydrogen (secondary N) is 1. The van der Waals surface area contributed by atoms with Crippen LogP contribution in [0.3, 0.4) is 0 Å². The van der Waals surface area contributed by atoms with Gasteiger partial charge in [-0.3, -0.25) is 9.89 Å². The first-order chi connectivity index (χ1) is 6.24. The van der Waals surface area contributed by atoms with Gasteiger partial charge < -0.3 is 0 Å². The Kier molecular flexibility index (Phi) is 1.81. The minimum absolute atomic E-state index is 0.481. The monoisotopic (exact) mass is 194 g/mol. The van der Waals surface area contributed by atoms with Gasteiger partial charge in [0.1, 0.15) is 11.2 Å². The summed E-state index contributed by atoms with van der Waals surface area (Å²) < 4.78 is 0. The molecule has 0 bridgehead atoms. The van der Waals surface area contributed by atoms with Crippen molar-refractivity contribution in [2.75, 3.05) is 0 Å². The van der Waals surface area contributed by atoms with E-state index in [1.165, 1.54) is 0 Å². The number of benzene rings is 1. The average molecular weight is 195 g/mol. The molecule has 1 N–H and O–H groups in total. The van der Waals surface area contributed by atoms with E-state index in [2.05, 4.69) is 10.2 Å². The Labute approximate surface area is 79.7 Å². The smallest absolute Gasteiger partial charge is 0.168 e. The van der Waals surface area contributed by atoms with Crippen molar-refractivity contribution in [1.82, 2.24) is 10.2 Å². The number of carbonyl (C=O) groups excluding carboxylic acids is 1. The van der Waals surface area contributed by atoms with Crippen LogP contribution in [0.25, 0.3) is 10.9 Å². The van der Waals surface area contributed by atoms with Crippen molar-refractivity contribution in [1.29, 1.82) is 0 Å². The quantitative estimate of drug-likeness (QED) is 0.709. The molecule has 0 saturated heterocycles. The summed E-state index contributed by atoms with van der Waals surface area (Å²) in [5.74, 6) is 0. The molecule has 0 atom stereocenters. The van der Waals surface area contributed by atoms with Crippen LogP contribution in [0.5, 0.6) is 0 Å². The molecule has 3 nitrogen and oxygen atoms in total. The number of aromatic amines is 1. The lowest BCUT2D eigenvalue weighted by atomic mass is 10.1.